The molecule has 0 aliphatic heterocycles. The summed E-state index contributed by atoms with van der Waals surface area (Å²) in [6.45, 7) is 14.3. The van der Waals surface area contributed by atoms with E-state index in [0.717, 1.165) is 0 Å². The van der Waals surface area contributed by atoms with Crippen LogP contribution in [0.15, 0.2) is 36.5 Å². The summed E-state index contributed by atoms with van der Waals surface area (Å²) in [5, 5.41) is 0. The van der Waals surface area contributed by atoms with Gasteiger partial charge in [0.1, 0.15) is 0 Å². The monoisotopic (exact) mass is 238 g/mol. The lowest BCUT2D eigenvalue weighted by molar-refractivity contribution is -0.140. The van der Waals surface area contributed by atoms with Crippen LogP contribution in [0.2, 0.25) is 0 Å². The summed E-state index contributed by atoms with van der Waals surface area (Å²) in [4.78, 5) is 11.9. The van der Waals surface area contributed by atoms with E-state index in [-0.39, 0.29) is 12.6 Å². The molecule has 0 amide bonds. The Bertz CT molecular complexity index is 291. The van der Waals surface area contributed by atoms with E-state index < -0.39 is 0 Å². The van der Waals surface area contributed by atoms with E-state index in [1.54, 1.807) is 12.2 Å². The molecular formula is C14H22O3. The van der Waals surface area contributed by atoms with E-state index >= 15 is 0 Å². The van der Waals surface area contributed by atoms with Crippen LogP contribution in [0.5, 0.6) is 0 Å². The molecule has 3 heteroatoms. The molecule has 0 aromatic rings. The Morgan fingerprint density at radius 1 is 1.29 bits per heavy atom. The highest BCUT2D eigenvalue weighted by atomic mass is 16.5. The molecule has 17 heavy (non-hydrogen) atoms. The van der Waals surface area contributed by atoms with Crippen LogP contribution in [0.1, 0.15) is 20.8 Å². The minimum Gasteiger partial charge on any atom is -0.462 e. The maximum Gasteiger partial charge on any atom is 0.336 e. The number of hydrogen-bond donors (Lipinski definition) is 0. The van der Waals surface area contributed by atoms with Crippen LogP contribution in [-0.4, -0.2) is 25.8 Å². The first kappa shape index (κ1) is 15.7. The highest BCUT2D eigenvalue weighted by Crippen LogP contribution is 2.11. The van der Waals surface area contributed by atoms with Crippen molar-refractivity contribution in [2.75, 3.05) is 19.8 Å². The molecule has 0 aliphatic carbocycles. The number of rotatable bonds is 8. The second-order valence-corrected chi connectivity index (χ2v) is 3.97. The highest BCUT2D eigenvalue weighted by molar-refractivity contribution is 5.90. The van der Waals surface area contributed by atoms with Gasteiger partial charge in [0, 0.05) is 6.61 Å². The molecule has 0 saturated carbocycles. The third kappa shape index (κ3) is 6.07. The molecule has 0 N–H and O–H groups in total. The summed E-state index contributed by atoms with van der Waals surface area (Å²) < 4.78 is 10.4. The van der Waals surface area contributed by atoms with Crippen molar-refractivity contribution in [3.05, 3.63) is 36.5 Å². The molecular weight excluding hydrogens is 216 g/mol. The van der Waals surface area contributed by atoms with E-state index in [1.165, 1.54) is 0 Å². The number of esters is 1. The molecule has 0 rings (SSSR count). The summed E-state index contributed by atoms with van der Waals surface area (Å²) >= 11 is 0. The Labute approximate surface area is 104 Å². The lowest BCUT2D eigenvalue weighted by atomic mass is 10.1. The van der Waals surface area contributed by atoms with Gasteiger partial charge in [-0.1, -0.05) is 39.2 Å². The van der Waals surface area contributed by atoms with Gasteiger partial charge >= 0.3 is 5.97 Å². The second kappa shape index (κ2) is 8.76. The Balaban J connectivity index is 4.78. The molecule has 96 valence electrons. The van der Waals surface area contributed by atoms with Crippen molar-refractivity contribution in [2.24, 2.45) is 5.92 Å². The van der Waals surface area contributed by atoms with Crippen molar-refractivity contribution in [2.45, 2.75) is 20.8 Å². The minimum atomic E-state index is -0.359. The molecule has 0 fully saturated rings. The van der Waals surface area contributed by atoms with Crippen molar-refractivity contribution < 1.29 is 14.3 Å². The van der Waals surface area contributed by atoms with Gasteiger partial charge in [0.2, 0.25) is 0 Å². The van der Waals surface area contributed by atoms with Gasteiger partial charge in [-0.3, -0.25) is 0 Å². The zero-order chi connectivity index (χ0) is 13.3. The van der Waals surface area contributed by atoms with E-state index in [2.05, 4.69) is 13.2 Å². The Kier molecular flexibility index (Phi) is 8.07. The van der Waals surface area contributed by atoms with Gasteiger partial charge in [0.25, 0.3) is 0 Å². The van der Waals surface area contributed by atoms with Crippen LogP contribution < -0.4 is 0 Å². The van der Waals surface area contributed by atoms with Crippen LogP contribution >= 0.6 is 0 Å². The topological polar surface area (TPSA) is 35.5 Å². The van der Waals surface area contributed by atoms with Crippen LogP contribution in [0.3, 0.4) is 0 Å². The molecule has 0 bridgehead atoms. The molecule has 0 aromatic carbocycles. The molecule has 0 radical (unpaired) electrons. The van der Waals surface area contributed by atoms with Crippen LogP contribution in [-0.2, 0) is 14.3 Å². The number of allylic oxidation sites excluding steroid dienone is 3. The predicted octanol–water partition coefficient (Wildman–Crippen LogP) is 2.89. The van der Waals surface area contributed by atoms with Crippen molar-refractivity contribution >= 4 is 5.97 Å². The van der Waals surface area contributed by atoms with Gasteiger partial charge in [-0.2, -0.15) is 0 Å². The van der Waals surface area contributed by atoms with Crippen molar-refractivity contribution in [1.82, 2.24) is 0 Å². The molecule has 0 aliphatic rings. The zero-order valence-corrected chi connectivity index (χ0v) is 11.0. The fraction of sp³-hybridized carbons (Fsp3) is 0.500. The third-order valence-electron chi connectivity index (χ3n) is 2.03. The summed E-state index contributed by atoms with van der Waals surface area (Å²) in [6, 6.07) is 0. The molecule has 0 aromatic heterocycles. The number of carbonyl (C=O) groups is 1. The summed E-state index contributed by atoms with van der Waals surface area (Å²) in [5.41, 5.74) is 1.13. The lowest BCUT2D eigenvalue weighted by Gasteiger charge is -2.12. The van der Waals surface area contributed by atoms with Crippen LogP contribution in [0.4, 0.5) is 0 Å². The maximum absolute atomic E-state index is 11.9. The summed E-state index contributed by atoms with van der Waals surface area (Å²) in [6.07, 6.45) is 3.16. The second-order valence-electron chi connectivity index (χ2n) is 3.97. The molecule has 0 unspecified atom stereocenters. The molecule has 0 atom stereocenters. The quantitative estimate of drug-likeness (QED) is 0.370. The molecule has 0 saturated heterocycles. The fourth-order valence-corrected chi connectivity index (χ4v) is 1.12. The van der Waals surface area contributed by atoms with Gasteiger partial charge in [0.15, 0.2) is 0 Å². The van der Waals surface area contributed by atoms with Gasteiger partial charge in [0.05, 0.1) is 18.8 Å². The van der Waals surface area contributed by atoms with E-state index in [9.17, 15) is 4.79 Å². The van der Waals surface area contributed by atoms with E-state index in [1.807, 2.05) is 20.8 Å². The number of ether oxygens (including phenoxy) is 2. The number of hydrogen-bond acceptors (Lipinski definition) is 3. The minimum absolute atomic E-state index is 0.223. The first-order chi connectivity index (χ1) is 8.06. The maximum atomic E-state index is 11.9. The lowest BCUT2D eigenvalue weighted by Crippen LogP contribution is -2.17. The SMILES string of the molecule is C=CC(C=C)=C(COCC)C(=O)OCC(C)C. The van der Waals surface area contributed by atoms with Crippen molar-refractivity contribution in [3.8, 4) is 0 Å². The van der Waals surface area contributed by atoms with E-state index in [0.29, 0.717) is 30.3 Å². The average molecular weight is 238 g/mol. The Morgan fingerprint density at radius 3 is 2.29 bits per heavy atom. The van der Waals surface area contributed by atoms with E-state index in [4.69, 9.17) is 9.47 Å². The molecule has 3 nitrogen and oxygen atoms in total. The van der Waals surface area contributed by atoms with Crippen molar-refractivity contribution in [1.29, 1.82) is 0 Å². The average Bonchev–Trinajstić information content (AvgIpc) is 2.31. The van der Waals surface area contributed by atoms with Crippen LogP contribution in [0.25, 0.3) is 0 Å². The summed E-state index contributed by atoms with van der Waals surface area (Å²) in [7, 11) is 0. The zero-order valence-electron chi connectivity index (χ0n) is 11.0. The molecule has 0 heterocycles. The molecule has 0 spiro atoms. The Morgan fingerprint density at radius 2 is 1.88 bits per heavy atom. The van der Waals surface area contributed by atoms with Gasteiger partial charge < -0.3 is 9.47 Å². The van der Waals surface area contributed by atoms with Crippen molar-refractivity contribution in [3.63, 3.8) is 0 Å². The normalized spacial score (nSPS) is 9.88. The van der Waals surface area contributed by atoms with Gasteiger partial charge in [-0.25, -0.2) is 4.79 Å². The smallest absolute Gasteiger partial charge is 0.336 e. The first-order valence-corrected chi connectivity index (χ1v) is 5.79. The predicted molar refractivity (Wildman–Crippen MR) is 69.7 cm³/mol. The first-order valence-electron chi connectivity index (χ1n) is 5.79. The Hall–Kier alpha value is -1.35. The highest BCUT2D eigenvalue weighted by Gasteiger charge is 2.14. The largest absolute Gasteiger partial charge is 0.462 e. The van der Waals surface area contributed by atoms with Gasteiger partial charge in [-0.05, 0) is 18.4 Å². The van der Waals surface area contributed by atoms with Crippen LogP contribution in [0, 0.1) is 5.92 Å². The fourth-order valence-electron chi connectivity index (χ4n) is 1.12. The van der Waals surface area contributed by atoms with Gasteiger partial charge in [-0.15, -0.1) is 0 Å². The number of carbonyl (C=O) groups excluding carboxylic acids is 1. The third-order valence-corrected chi connectivity index (χ3v) is 2.03. The summed E-state index contributed by atoms with van der Waals surface area (Å²) in [5.74, 6) is -0.0508. The standard InChI is InChI=1S/C14H22O3/c1-6-12(7-2)13(10-16-8-3)14(15)17-9-11(4)5/h6-7,11H,1-2,8-10H2,3-5H3.